The first kappa shape index (κ1) is 16.6. The lowest BCUT2D eigenvalue weighted by molar-refractivity contribution is 0.0556. The molecule has 4 nitrogen and oxygen atoms in total. The van der Waals surface area contributed by atoms with Gasteiger partial charge in [0, 0.05) is 4.47 Å². The van der Waals surface area contributed by atoms with Crippen LogP contribution in [-0.4, -0.2) is 23.3 Å². The van der Waals surface area contributed by atoms with Gasteiger partial charge in [-0.1, -0.05) is 51.7 Å². The van der Waals surface area contributed by atoms with E-state index >= 15 is 0 Å². The van der Waals surface area contributed by atoms with Crippen LogP contribution in [0.2, 0.25) is 0 Å². The number of oxazole rings is 1. The van der Waals surface area contributed by atoms with E-state index in [0.717, 1.165) is 15.6 Å². The topological polar surface area (TPSA) is 52.3 Å². The number of nitrogens with zero attached hydrogens (tertiary/aromatic N) is 1. The Labute approximate surface area is 151 Å². The molecule has 2 aromatic carbocycles. The van der Waals surface area contributed by atoms with Gasteiger partial charge in [0.2, 0.25) is 0 Å². The Balaban J connectivity index is 1.44. The van der Waals surface area contributed by atoms with Crippen LogP contribution in [0.25, 0.3) is 11.1 Å². The van der Waals surface area contributed by atoms with Gasteiger partial charge < -0.3 is 9.15 Å². The van der Waals surface area contributed by atoms with Gasteiger partial charge in [0.15, 0.2) is 12.2 Å². The third kappa shape index (κ3) is 4.40. The molecule has 0 fully saturated rings. The fourth-order valence-electron chi connectivity index (χ4n) is 1.88. The van der Waals surface area contributed by atoms with Gasteiger partial charge in [-0.05, 0) is 36.4 Å². The second-order valence-electron chi connectivity index (χ2n) is 4.67. The third-order valence-electron chi connectivity index (χ3n) is 3.02. The first-order valence-corrected chi connectivity index (χ1v) is 8.87. The van der Waals surface area contributed by atoms with E-state index in [4.69, 9.17) is 9.15 Å². The first-order valence-electron chi connectivity index (χ1n) is 7.09. The normalized spacial score (nSPS) is 10.2. The Kier molecular flexibility index (Phi) is 5.57. The maximum atomic E-state index is 11.8. The van der Waals surface area contributed by atoms with Crippen molar-refractivity contribution in [2.75, 3.05) is 12.4 Å². The number of hydrogen-bond acceptors (Lipinski definition) is 5. The molecule has 6 heteroatoms. The molecule has 24 heavy (non-hydrogen) atoms. The monoisotopic (exact) mass is 401 g/mol. The number of fused-ring (bicyclic) bond motifs is 1. The highest BCUT2D eigenvalue weighted by Gasteiger charge is 2.05. The largest absolute Gasteiger partial charge is 0.449 e. The van der Waals surface area contributed by atoms with Gasteiger partial charge in [-0.15, -0.1) is 0 Å². The number of hydrogen-bond donors (Lipinski definition) is 0. The number of carbonyl (C=O) groups excluding carboxylic acids is 1. The predicted molar refractivity (Wildman–Crippen MR) is 96.9 cm³/mol. The summed E-state index contributed by atoms with van der Waals surface area (Å²) in [5.74, 6) is 5.86. The lowest BCUT2D eigenvalue weighted by Crippen LogP contribution is -2.04. The van der Waals surface area contributed by atoms with Gasteiger partial charge in [-0.25, -0.2) is 9.78 Å². The molecule has 3 aromatic rings. The van der Waals surface area contributed by atoms with E-state index in [9.17, 15) is 4.79 Å². The summed E-state index contributed by atoms with van der Waals surface area (Å²) in [5.41, 5.74) is 2.09. The van der Waals surface area contributed by atoms with Crippen LogP contribution in [0, 0.1) is 11.8 Å². The summed E-state index contributed by atoms with van der Waals surface area (Å²) in [6.45, 7) is 0.0585. The summed E-state index contributed by atoms with van der Waals surface area (Å²) < 4.78 is 11.6. The van der Waals surface area contributed by atoms with Crippen LogP contribution < -0.4 is 0 Å². The molecule has 0 saturated heterocycles. The Hall–Kier alpha value is -2.23. The second-order valence-corrected chi connectivity index (χ2v) is 6.52. The number of aromatic nitrogens is 1. The summed E-state index contributed by atoms with van der Waals surface area (Å²) in [6.07, 6.45) is 0. The number of thioether (sulfide) groups is 1. The van der Waals surface area contributed by atoms with E-state index in [1.165, 1.54) is 11.8 Å². The average Bonchev–Trinajstić information content (AvgIpc) is 3.01. The van der Waals surface area contributed by atoms with Crippen molar-refractivity contribution in [3.63, 3.8) is 0 Å². The quantitative estimate of drug-likeness (QED) is 0.364. The Morgan fingerprint density at radius 2 is 1.96 bits per heavy atom. The molecule has 0 bridgehead atoms. The molecule has 0 radical (unpaired) electrons. The van der Waals surface area contributed by atoms with Crippen molar-refractivity contribution in [2.24, 2.45) is 0 Å². The van der Waals surface area contributed by atoms with Crippen molar-refractivity contribution in [3.05, 3.63) is 58.6 Å². The Morgan fingerprint density at radius 1 is 1.17 bits per heavy atom. The highest BCUT2D eigenvalue weighted by Crippen LogP contribution is 2.22. The molecule has 0 atom stereocenters. The molecule has 120 valence electrons. The number of carbonyl (C=O) groups is 1. The number of para-hydroxylation sites is 2. The van der Waals surface area contributed by atoms with E-state index in [1.807, 2.05) is 24.3 Å². The zero-order valence-corrected chi connectivity index (χ0v) is 14.9. The second kappa shape index (κ2) is 8.04. The van der Waals surface area contributed by atoms with Crippen LogP contribution in [0.4, 0.5) is 0 Å². The van der Waals surface area contributed by atoms with Crippen molar-refractivity contribution in [3.8, 4) is 11.8 Å². The van der Waals surface area contributed by atoms with Gasteiger partial charge in [0.25, 0.3) is 5.22 Å². The molecule has 0 unspecified atom stereocenters. The predicted octanol–water partition coefficient (Wildman–Crippen LogP) is 4.54. The first-order chi connectivity index (χ1) is 11.7. The molecule has 1 heterocycles. The fourth-order valence-corrected chi connectivity index (χ4v) is 2.76. The summed E-state index contributed by atoms with van der Waals surface area (Å²) >= 11 is 4.72. The molecule has 3 rings (SSSR count). The number of ether oxygens (including phenoxy) is 1. The maximum absolute atomic E-state index is 11.8. The highest BCUT2D eigenvalue weighted by atomic mass is 79.9. The molecule has 0 aliphatic rings. The lowest BCUT2D eigenvalue weighted by Gasteiger charge is -2.00. The maximum Gasteiger partial charge on any atom is 0.339 e. The van der Waals surface area contributed by atoms with Crippen molar-refractivity contribution < 1.29 is 13.9 Å². The molecule has 1 aromatic heterocycles. The smallest absolute Gasteiger partial charge is 0.339 e. The van der Waals surface area contributed by atoms with E-state index in [2.05, 4.69) is 32.8 Å². The molecule has 0 saturated carbocycles. The molecule has 0 N–H and O–H groups in total. The van der Waals surface area contributed by atoms with Crippen LogP contribution in [-0.2, 0) is 4.74 Å². The zero-order chi connectivity index (χ0) is 16.8. The molecule has 0 aliphatic carbocycles. The summed E-state index contributed by atoms with van der Waals surface area (Å²) in [6, 6.07) is 14.6. The van der Waals surface area contributed by atoms with Gasteiger partial charge in [0.1, 0.15) is 5.52 Å². The minimum Gasteiger partial charge on any atom is -0.449 e. The van der Waals surface area contributed by atoms with Gasteiger partial charge in [-0.3, -0.25) is 0 Å². The summed E-state index contributed by atoms with van der Waals surface area (Å²) in [4.78, 5) is 16.1. The molecule has 0 amide bonds. The zero-order valence-electron chi connectivity index (χ0n) is 12.5. The van der Waals surface area contributed by atoms with Crippen molar-refractivity contribution in [2.45, 2.75) is 5.22 Å². The number of rotatable bonds is 4. The number of benzene rings is 2. The van der Waals surface area contributed by atoms with Crippen LogP contribution >= 0.6 is 27.7 Å². The average molecular weight is 402 g/mol. The lowest BCUT2D eigenvalue weighted by atomic mass is 10.2. The number of esters is 1. The molecular formula is C18H12BrNO3S. The molecule has 0 aliphatic heterocycles. The van der Waals surface area contributed by atoms with E-state index in [0.29, 0.717) is 16.5 Å². The van der Waals surface area contributed by atoms with Crippen LogP contribution in [0.15, 0.2) is 62.6 Å². The van der Waals surface area contributed by atoms with Crippen molar-refractivity contribution >= 4 is 44.8 Å². The minimum atomic E-state index is -0.386. The van der Waals surface area contributed by atoms with Gasteiger partial charge >= 0.3 is 5.97 Å². The molecule has 0 spiro atoms. The highest BCUT2D eigenvalue weighted by molar-refractivity contribution is 9.10. The molecular weight excluding hydrogens is 390 g/mol. The van der Waals surface area contributed by atoms with Crippen molar-refractivity contribution in [1.29, 1.82) is 0 Å². The third-order valence-corrected chi connectivity index (χ3v) is 4.26. The van der Waals surface area contributed by atoms with Crippen molar-refractivity contribution in [1.82, 2.24) is 4.98 Å². The minimum absolute atomic E-state index is 0.0585. The SMILES string of the molecule is O=C(OCC#CCSc1nc2ccccc2o1)c1ccc(Br)cc1. The van der Waals surface area contributed by atoms with Crippen LogP contribution in [0.3, 0.4) is 0 Å². The fraction of sp³-hybridized carbons (Fsp3) is 0.111. The van der Waals surface area contributed by atoms with Gasteiger partial charge in [-0.2, -0.15) is 0 Å². The van der Waals surface area contributed by atoms with Crippen LogP contribution in [0.5, 0.6) is 0 Å². The van der Waals surface area contributed by atoms with E-state index in [1.54, 1.807) is 24.3 Å². The summed E-state index contributed by atoms with van der Waals surface area (Å²) in [7, 11) is 0. The van der Waals surface area contributed by atoms with Gasteiger partial charge in [0.05, 0.1) is 11.3 Å². The Morgan fingerprint density at radius 3 is 2.75 bits per heavy atom. The summed E-state index contributed by atoms with van der Waals surface area (Å²) in [5, 5.41) is 0.581. The van der Waals surface area contributed by atoms with E-state index < -0.39 is 0 Å². The van der Waals surface area contributed by atoms with Crippen LogP contribution in [0.1, 0.15) is 10.4 Å². The number of halogens is 1. The standard InChI is InChI=1S/C18H12BrNO3S/c19-14-9-7-13(8-10-14)17(21)22-11-3-4-12-24-18-20-15-5-1-2-6-16(15)23-18/h1-2,5-10H,11-12H2. The van der Waals surface area contributed by atoms with E-state index in [-0.39, 0.29) is 12.6 Å². The Bertz CT molecular complexity index is 876.